The second-order valence-corrected chi connectivity index (χ2v) is 5.11. The molecule has 0 aliphatic carbocycles. The van der Waals surface area contributed by atoms with Crippen LogP contribution in [0.5, 0.6) is 11.5 Å². The van der Waals surface area contributed by atoms with Crippen LogP contribution < -0.4 is 4.74 Å². The number of benzene rings is 2. The van der Waals surface area contributed by atoms with Crippen LogP contribution in [0.2, 0.25) is 5.02 Å². The molecule has 0 aliphatic rings. The van der Waals surface area contributed by atoms with Gasteiger partial charge in [0.1, 0.15) is 11.5 Å². The van der Waals surface area contributed by atoms with Gasteiger partial charge >= 0.3 is 0 Å². The Kier molecular flexibility index (Phi) is 4.45. The van der Waals surface area contributed by atoms with Gasteiger partial charge in [-0.05, 0) is 43.7 Å². The summed E-state index contributed by atoms with van der Waals surface area (Å²) < 4.78 is 5.76. The Balaban J connectivity index is 2.41. The Labute approximate surface area is 126 Å². The van der Waals surface area contributed by atoms with Gasteiger partial charge < -0.3 is 9.84 Å². The van der Waals surface area contributed by atoms with Crippen LogP contribution in [0.25, 0.3) is 0 Å². The van der Waals surface area contributed by atoms with Gasteiger partial charge in [-0.15, -0.1) is 0 Å². The fraction of sp³-hybridized carbons (Fsp3) is 0.200. The minimum Gasteiger partial charge on any atom is -0.457 e. The zero-order valence-electron chi connectivity index (χ0n) is 11.6. The summed E-state index contributed by atoms with van der Waals surface area (Å²) >= 11 is 5.87. The predicted octanol–water partition coefficient (Wildman–Crippen LogP) is 4.15. The fourth-order valence-electron chi connectivity index (χ4n) is 1.97. The van der Waals surface area contributed by atoms with Crippen molar-refractivity contribution in [1.82, 2.24) is 0 Å². The molecule has 0 aliphatic heterocycles. The number of nitro groups is 1. The highest BCUT2D eigenvalue weighted by Gasteiger charge is 2.15. The van der Waals surface area contributed by atoms with Crippen LogP contribution in [0.3, 0.4) is 0 Å². The third-order valence-corrected chi connectivity index (χ3v) is 3.34. The molecule has 0 unspecified atom stereocenters. The molecule has 0 bridgehead atoms. The molecule has 6 heteroatoms. The highest BCUT2D eigenvalue weighted by molar-refractivity contribution is 6.30. The molecule has 2 aromatic carbocycles. The molecule has 1 N–H and O–H groups in total. The van der Waals surface area contributed by atoms with Gasteiger partial charge in [-0.3, -0.25) is 10.1 Å². The van der Waals surface area contributed by atoms with E-state index >= 15 is 0 Å². The quantitative estimate of drug-likeness (QED) is 0.680. The average Bonchev–Trinajstić information content (AvgIpc) is 2.43. The van der Waals surface area contributed by atoms with Crippen molar-refractivity contribution >= 4 is 17.3 Å². The fourth-order valence-corrected chi connectivity index (χ4v) is 2.17. The number of hydrogen-bond acceptors (Lipinski definition) is 4. The zero-order valence-corrected chi connectivity index (χ0v) is 12.3. The van der Waals surface area contributed by atoms with Gasteiger partial charge in [0.15, 0.2) is 0 Å². The number of rotatable bonds is 4. The molecule has 21 heavy (non-hydrogen) atoms. The molecule has 0 fully saturated rings. The van der Waals surface area contributed by atoms with Crippen LogP contribution in [0.4, 0.5) is 5.69 Å². The van der Waals surface area contributed by atoms with E-state index in [4.69, 9.17) is 16.3 Å². The first kappa shape index (κ1) is 15.3. The van der Waals surface area contributed by atoms with E-state index in [1.807, 2.05) is 0 Å². The van der Waals surface area contributed by atoms with Crippen molar-refractivity contribution in [2.45, 2.75) is 20.5 Å². The van der Waals surface area contributed by atoms with Crippen molar-refractivity contribution in [3.8, 4) is 11.5 Å². The maximum Gasteiger partial charge on any atom is 0.272 e. The van der Waals surface area contributed by atoms with E-state index in [0.29, 0.717) is 33.2 Å². The molecule has 2 rings (SSSR count). The third kappa shape index (κ3) is 3.32. The number of aliphatic hydroxyl groups excluding tert-OH is 1. The van der Waals surface area contributed by atoms with Crippen molar-refractivity contribution in [2.75, 3.05) is 0 Å². The molecular formula is C15H14ClNO4. The molecule has 2 aromatic rings. The van der Waals surface area contributed by atoms with Crippen LogP contribution in [0.1, 0.15) is 16.7 Å². The van der Waals surface area contributed by atoms with E-state index in [-0.39, 0.29) is 12.3 Å². The van der Waals surface area contributed by atoms with Crippen molar-refractivity contribution in [3.05, 3.63) is 62.2 Å². The van der Waals surface area contributed by atoms with E-state index in [9.17, 15) is 15.2 Å². The topological polar surface area (TPSA) is 72.6 Å². The number of aryl methyl sites for hydroxylation is 2. The zero-order chi connectivity index (χ0) is 15.6. The molecule has 0 saturated carbocycles. The van der Waals surface area contributed by atoms with E-state index in [1.165, 1.54) is 6.07 Å². The number of ether oxygens (including phenoxy) is 1. The van der Waals surface area contributed by atoms with Crippen molar-refractivity contribution in [2.24, 2.45) is 0 Å². The SMILES string of the molecule is Cc1cc([N+](=O)[O-])c(C)cc1Oc1ccc(Cl)cc1CO. The molecule has 0 aromatic heterocycles. The highest BCUT2D eigenvalue weighted by Crippen LogP contribution is 2.33. The first-order valence-electron chi connectivity index (χ1n) is 6.25. The largest absolute Gasteiger partial charge is 0.457 e. The number of hydrogen-bond donors (Lipinski definition) is 1. The van der Waals surface area contributed by atoms with Gasteiger partial charge in [0.05, 0.1) is 11.5 Å². The third-order valence-electron chi connectivity index (χ3n) is 3.10. The summed E-state index contributed by atoms with van der Waals surface area (Å²) in [5.41, 5.74) is 1.77. The minimum atomic E-state index is -0.423. The first-order valence-corrected chi connectivity index (χ1v) is 6.63. The van der Waals surface area contributed by atoms with E-state index in [1.54, 1.807) is 38.1 Å². The Morgan fingerprint density at radius 2 is 1.90 bits per heavy atom. The summed E-state index contributed by atoms with van der Waals surface area (Å²) in [6.07, 6.45) is 0. The molecule has 0 amide bonds. The Morgan fingerprint density at radius 1 is 1.19 bits per heavy atom. The molecule has 0 atom stereocenters. The van der Waals surface area contributed by atoms with E-state index < -0.39 is 4.92 Å². The second-order valence-electron chi connectivity index (χ2n) is 4.67. The summed E-state index contributed by atoms with van der Waals surface area (Å²) in [4.78, 5) is 10.5. The van der Waals surface area contributed by atoms with Crippen molar-refractivity contribution < 1.29 is 14.8 Å². The lowest BCUT2D eigenvalue weighted by molar-refractivity contribution is -0.385. The maximum atomic E-state index is 10.9. The van der Waals surface area contributed by atoms with Gasteiger partial charge in [-0.25, -0.2) is 0 Å². The molecule has 0 saturated heterocycles. The standard InChI is InChI=1S/C15H14ClNO4/c1-9-6-15(10(2)5-13(9)17(19)20)21-14-4-3-12(16)7-11(14)8-18/h3-7,18H,8H2,1-2H3. The summed E-state index contributed by atoms with van der Waals surface area (Å²) in [5, 5.41) is 20.7. The van der Waals surface area contributed by atoms with E-state index in [2.05, 4.69) is 0 Å². The number of nitro benzene ring substituents is 1. The molecule has 5 nitrogen and oxygen atoms in total. The summed E-state index contributed by atoms with van der Waals surface area (Å²) in [7, 11) is 0. The van der Waals surface area contributed by atoms with Crippen LogP contribution in [-0.4, -0.2) is 10.0 Å². The lowest BCUT2D eigenvalue weighted by atomic mass is 10.1. The summed E-state index contributed by atoms with van der Waals surface area (Å²) in [6, 6.07) is 8.01. The van der Waals surface area contributed by atoms with Crippen molar-refractivity contribution in [3.63, 3.8) is 0 Å². The number of aliphatic hydroxyl groups is 1. The van der Waals surface area contributed by atoms with Gasteiger partial charge in [-0.2, -0.15) is 0 Å². The van der Waals surface area contributed by atoms with Gasteiger partial charge in [0.2, 0.25) is 0 Å². The Bertz CT molecular complexity index is 700. The summed E-state index contributed by atoms with van der Waals surface area (Å²) in [6.45, 7) is 3.18. The van der Waals surface area contributed by atoms with E-state index in [0.717, 1.165) is 0 Å². The lowest BCUT2D eigenvalue weighted by Gasteiger charge is -2.13. The van der Waals surface area contributed by atoms with Gasteiger partial charge in [-0.1, -0.05) is 11.6 Å². The Morgan fingerprint density at radius 3 is 2.52 bits per heavy atom. The molecule has 110 valence electrons. The average molecular weight is 308 g/mol. The Hall–Kier alpha value is -2.11. The second kappa shape index (κ2) is 6.11. The lowest BCUT2D eigenvalue weighted by Crippen LogP contribution is -1.97. The minimum absolute atomic E-state index is 0.0540. The number of halogens is 1. The van der Waals surface area contributed by atoms with Gasteiger partial charge in [0.25, 0.3) is 5.69 Å². The molecule has 0 spiro atoms. The smallest absolute Gasteiger partial charge is 0.272 e. The number of nitrogens with zero attached hydrogens (tertiary/aromatic N) is 1. The maximum absolute atomic E-state index is 10.9. The monoisotopic (exact) mass is 307 g/mol. The van der Waals surface area contributed by atoms with Crippen LogP contribution in [0.15, 0.2) is 30.3 Å². The molecule has 0 heterocycles. The first-order chi connectivity index (χ1) is 9.92. The molecular weight excluding hydrogens is 294 g/mol. The summed E-state index contributed by atoms with van der Waals surface area (Å²) in [5.74, 6) is 0.980. The van der Waals surface area contributed by atoms with Crippen LogP contribution >= 0.6 is 11.6 Å². The van der Waals surface area contributed by atoms with Gasteiger partial charge in [0, 0.05) is 22.2 Å². The molecule has 0 radical (unpaired) electrons. The van der Waals surface area contributed by atoms with Crippen LogP contribution in [-0.2, 0) is 6.61 Å². The highest BCUT2D eigenvalue weighted by atomic mass is 35.5. The van der Waals surface area contributed by atoms with Crippen molar-refractivity contribution in [1.29, 1.82) is 0 Å². The van der Waals surface area contributed by atoms with Crippen LogP contribution in [0, 0.1) is 24.0 Å². The predicted molar refractivity (Wildman–Crippen MR) is 80.0 cm³/mol. The normalized spacial score (nSPS) is 10.5.